The number of imide groups is 1. The molecule has 0 bridgehead atoms. The summed E-state index contributed by atoms with van der Waals surface area (Å²) < 4.78 is 29.2. The van der Waals surface area contributed by atoms with Crippen molar-refractivity contribution in [2.45, 2.75) is 64.4 Å². The Balaban J connectivity index is 1.36. The van der Waals surface area contributed by atoms with Crippen LogP contribution in [0.25, 0.3) is 0 Å². The van der Waals surface area contributed by atoms with E-state index in [0.29, 0.717) is 11.3 Å². The molecule has 4 amide bonds. The molecular weight excluding hydrogens is 576 g/mol. The zero-order valence-electron chi connectivity index (χ0n) is 26.0. The smallest absolute Gasteiger partial charge is 0.325 e. The Morgan fingerprint density at radius 1 is 0.773 bits per heavy atom. The first-order valence-electron chi connectivity index (χ1n) is 15.0. The molecule has 44 heavy (non-hydrogen) atoms. The Kier molecular flexibility index (Phi) is 8.95. The van der Waals surface area contributed by atoms with Gasteiger partial charge >= 0.3 is 6.03 Å². The van der Waals surface area contributed by atoms with E-state index < -0.39 is 34.0 Å². The highest BCUT2D eigenvalue weighted by molar-refractivity contribution is 7.89. The number of urea groups is 1. The zero-order chi connectivity index (χ0) is 31.8. The van der Waals surface area contributed by atoms with Crippen LogP contribution in [0.3, 0.4) is 0 Å². The van der Waals surface area contributed by atoms with Gasteiger partial charge in [-0.3, -0.25) is 9.59 Å². The number of carbonyl (C=O) groups is 3. The summed E-state index contributed by atoms with van der Waals surface area (Å²) in [6.45, 7) is 10.1. The number of nitrogens with zero attached hydrogens (tertiary/aromatic N) is 3. The van der Waals surface area contributed by atoms with Crippen LogP contribution in [0, 0.1) is 34.6 Å². The molecule has 5 rings (SSSR count). The quantitative estimate of drug-likeness (QED) is 0.387. The lowest BCUT2D eigenvalue weighted by atomic mass is 9.95. The number of rotatable bonds is 8. The van der Waals surface area contributed by atoms with Crippen molar-refractivity contribution in [3.63, 3.8) is 0 Å². The molecule has 2 saturated heterocycles. The number of amides is 4. The van der Waals surface area contributed by atoms with Gasteiger partial charge in [-0.25, -0.2) is 18.1 Å². The van der Waals surface area contributed by atoms with Crippen LogP contribution in [-0.4, -0.2) is 78.6 Å². The predicted octanol–water partition coefficient (Wildman–Crippen LogP) is 3.84. The predicted molar refractivity (Wildman–Crippen MR) is 169 cm³/mol. The molecule has 232 valence electrons. The first kappa shape index (κ1) is 31.4. The average molecular weight is 617 g/mol. The number of hydrogen-bond acceptors (Lipinski definition) is 5. The maximum atomic E-state index is 14.1. The van der Waals surface area contributed by atoms with Gasteiger partial charge in [-0.2, -0.15) is 4.31 Å². The summed E-state index contributed by atoms with van der Waals surface area (Å²) in [6.07, 6.45) is 0.483. The van der Waals surface area contributed by atoms with Crippen LogP contribution in [0.5, 0.6) is 0 Å². The van der Waals surface area contributed by atoms with Crippen LogP contribution < -0.4 is 5.32 Å². The molecule has 0 saturated carbocycles. The minimum atomic E-state index is -3.81. The molecule has 9 nitrogen and oxygen atoms in total. The fraction of sp³-hybridized carbons (Fsp3) is 0.382. The van der Waals surface area contributed by atoms with Gasteiger partial charge in [0.15, 0.2) is 0 Å². The standard InChI is InChI=1S/C34H40N4O5S/c1-22-23(2)25(4)31(26(5)24(22)3)44(42,43)37-18-16-36(17-19-37)33(40)30(21-28-14-10-7-11-15-28)38-32(39)29(35-34(38)41)20-27-12-8-6-9-13-27/h6-15,29-30H,16-21H2,1-5H3,(H,35,41). The van der Waals surface area contributed by atoms with Crippen molar-refractivity contribution in [1.29, 1.82) is 0 Å². The van der Waals surface area contributed by atoms with Gasteiger partial charge in [0.1, 0.15) is 12.1 Å². The Labute approximate surface area is 259 Å². The molecule has 2 atom stereocenters. The van der Waals surface area contributed by atoms with Crippen molar-refractivity contribution in [1.82, 2.24) is 19.4 Å². The summed E-state index contributed by atoms with van der Waals surface area (Å²) in [7, 11) is -3.81. The summed E-state index contributed by atoms with van der Waals surface area (Å²) >= 11 is 0. The summed E-state index contributed by atoms with van der Waals surface area (Å²) in [4.78, 5) is 43.9. The second-order valence-corrected chi connectivity index (χ2v) is 13.7. The maximum Gasteiger partial charge on any atom is 0.325 e. The Morgan fingerprint density at radius 2 is 1.27 bits per heavy atom. The first-order chi connectivity index (χ1) is 20.9. The monoisotopic (exact) mass is 616 g/mol. The molecule has 2 fully saturated rings. The van der Waals surface area contributed by atoms with Crippen molar-refractivity contribution in [2.24, 2.45) is 0 Å². The van der Waals surface area contributed by atoms with Gasteiger partial charge in [0.25, 0.3) is 5.91 Å². The zero-order valence-corrected chi connectivity index (χ0v) is 26.8. The van der Waals surface area contributed by atoms with Crippen molar-refractivity contribution in [3.8, 4) is 0 Å². The van der Waals surface area contributed by atoms with Crippen LogP contribution >= 0.6 is 0 Å². The third kappa shape index (κ3) is 5.88. The summed E-state index contributed by atoms with van der Waals surface area (Å²) in [5.41, 5.74) is 6.22. The second-order valence-electron chi connectivity index (χ2n) is 11.8. The van der Waals surface area contributed by atoms with E-state index >= 15 is 0 Å². The molecule has 0 aromatic heterocycles. The molecule has 2 aliphatic rings. The first-order valence-corrected chi connectivity index (χ1v) is 16.4. The molecule has 0 spiro atoms. The van der Waals surface area contributed by atoms with E-state index in [1.165, 1.54) is 4.31 Å². The van der Waals surface area contributed by atoms with Gasteiger partial charge in [0, 0.05) is 39.0 Å². The van der Waals surface area contributed by atoms with E-state index in [4.69, 9.17) is 0 Å². The SMILES string of the molecule is Cc1c(C)c(C)c(S(=O)(=O)N2CCN(C(=O)C(Cc3ccccc3)N3C(=O)NC(Cc4ccccc4)C3=O)CC2)c(C)c1C. The summed E-state index contributed by atoms with van der Waals surface area (Å²) in [6, 6.07) is 16.3. The minimum absolute atomic E-state index is 0.119. The third-order valence-corrected chi connectivity index (χ3v) is 11.5. The Bertz CT molecular complexity index is 1650. The number of carbonyl (C=O) groups excluding carboxylic acids is 3. The Hall–Kier alpha value is -4.02. The largest absolute Gasteiger partial charge is 0.338 e. The molecule has 0 aliphatic carbocycles. The van der Waals surface area contributed by atoms with Crippen molar-refractivity contribution >= 4 is 27.9 Å². The van der Waals surface area contributed by atoms with Gasteiger partial charge in [-0.1, -0.05) is 60.7 Å². The van der Waals surface area contributed by atoms with Crippen LogP contribution in [0.2, 0.25) is 0 Å². The van der Waals surface area contributed by atoms with Crippen molar-refractivity contribution in [2.75, 3.05) is 26.2 Å². The number of hydrogen-bond donors (Lipinski definition) is 1. The average Bonchev–Trinajstić information content (AvgIpc) is 3.30. The highest BCUT2D eigenvalue weighted by Crippen LogP contribution is 2.32. The maximum absolute atomic E-state index is 14.1. The van der Waals surface area contributed by atoms with Crippen molar-refractivity contribution in [3.05, 3.63) is 99.6 Å². The van der Waals surface area contributed by atoms with Crippen molar-refractivity contribution < 1.29 is 22.8 Å². The fourth-order valence-electron chi connectivity index (χ4n) is 6.30. The van der Waals surface area contributed by atoms with E-state index in [9.17, 15) is 22.8 Å². The topological polar surface area (TPSA) is 107 Å². The highest BCUT2D eigenvalue weighted by atomic mass is 32.2. The van der Waals surface area contributed by atoms with Crippen LogP contribution in [-0.2, 0) is 32.5 Å². The molecule has 2 heterocycles. The lowest BCUT2D eigenvalue weighted by Crippen LogP contribution is -2.57. The van der Waals surface area contributed by atoms with Crippen LogP contribution in [0.1, 0.15) is 38.9 Å². The van der Waals surface area contributed by atoms with Gasteiger partial charge in [-0.05, 0) is 73.6 Å². The molecule has 3 aromatic rings. The highest BCUT2D eigenvalue weighted by Gasteiger charge is 2.46. The molecular formula is C34H40N4O5S. The van der Waals surface area contributed by atoms with E-state index in [2.05, 4.69) is 5.32 Å². The van der Waals surface area contributed by atoms with Crippen LogP contribution in [0.15, 0.2) is 65.6 Å². The molecule has 10 heteroatoms. The molecule has 0 radical (unpaired) electrons. The summed E-state index contributed by atoms with van der Waals surface area (Å²) in [5.74, 6) is -0.811. The van der Waals surface area contributed by atoms with Gasteiger partial charge in [0.05, 0.1) is 4.90 Å². The minimum Gasteiger partial charge on any atom is -0.338 e. The van der Waals surface area contributed by atoms with Gasteiger partial charge < -0.3 is 10.2 Å². The lowest BCUT2D eigenvalue weighted by molar-refractivity contribution is -0.142. The van der Waals surface area contributed by atoms with E-state index in [1.807, 2.05) is 95.3 Å². The number of sulfonamides is 1. The second kappa shape index (κ2) is 12.5. The normalized spacial score (nSPS) is 18.4. The van der Waals surface area contributed by atoms with Gasteiger partial charge in [0.2, 0.25) is 15.9 Å². The summed E-state index contributed by atoms with van der Waals surface area (Å²) in [5, 5.41) is 2.77. The van der Waals surface area contributed by atoms with Gasteiger partial charge in [-0.15, -0.1) is 0 Å². The molecule has 1 N–H and O–H groups in total. The molecule has 2 unspecified atom stereocenters. The third-order valence-electron chi connectivity index (χ3n) is 9.28. The fourth-order valence-corrected chi connectivity index (χ4v) is 8.28. The number of piperazine rings is 1. The van der Waals surface area contributed by atoms with E-state index in [-0.39, 0.29) is 38.5 Å². The number of benzene rings is 3. The Morgan fingerprint density at radius 3 is 1.82 bits per heavy atom. The lowest BCUT2D eigenvalue weighted by Gasteiger charge is -2.37. The molecule has 3 aromatic carbocycles. The number of nitrogens with one attached hydrogen (secondary N) is 1. The molecule has 2 aliphatic heterocycles. The van der Waals surface area contributed by atoms with Crippen LogP contribution in [0.4, 0.5) is 4.79 Å². The van der Waals surface area contributed by atoms with E-state index in [1.54, 1.807) is 4.90 Å². The van der Waals surface area contributed by atoms with E-state index in [0.717, 1.165) is 43.8 Å².